The summed E-state index contributed by atoms with van der Waals surface area (Å²) in [5.74, 6) is 0.786. The van der Waals surface area contributed by atoms with Crippen molar-refractivity contribution in [2.24, 2.45) is 4.99 Å². The molecule has 0 spiro atoms. The maximum atomic E-state index is 5.43. The number of hydrogen-bond donors (Lipinski definition) is 2. The van der Waals surface area contributed by atoms with Gasteiger partial charge in [-0.25, -0.2) is 0 Å². The van der Waals surface area contributed by atoms with E-state index in [1.54, 1.807) is 14.2 Å². The lowest BCUT2D eigenvalue weighted by Crippen LogP contribution is -2.40. The van der Waals surface area contributed by atoms with Gasteiger partial charge in [-0.15, -0.1) is 0 Å². The van der Waals surface area contributed by atoms with E-state index in [0.717, 1.165) is 45.4 Å². The third kappa shape index (κ3) is 4.89. The Morgan fingerprint density at radius 2 is 2.05 bits per heavy atom. The number of nitrogens with zero attached hydrogens (tertiary/aromatic N) is 2. The fourth-order valence-electron chi connectivity index (χ4n) is 2.44. The summed E-state index contributed by atoms with van der Waals surface area (Å²) in [6.07, 6.45) is 0. The summed E-state index contributed by atoms with van der Waals surface area (Å²) in [6.45, 7) is 5.60. The molecular formula is C16H26N4O2. The maximum absolute atomic E-state index is 5.43. The van der Waals surface area contributed by atoms with Gasteiger partial charge in [0.25, 0.3) is 0 Å². The molecular weight excluding hydrogens is 280 g/mol. The Balaban J connectivity index is 1.94. The Kier molecular flexibility index (Phi) is 6.99. The second kappa shape index (κ2) is 9.27. The SMILES string of the molecule is CN=C(NCCOC)NCc1ccccc1N1CCOCC1. The van der Waals surface area contributed by atoms with Crippen LogP contribution in [-0.2, 0) is 16.0 Å². The van der Waals surface area contributed by atoms with Crippen molar-refractivity contribution < 1.29 is 9.47 Å². The third-order valence-corrected chi connectivity index (χ3v) is 3.61. The van der Waals surface area contributed by atoms with Crippen molar-refractivity contribution in [2.75, 3.05) is 58.5 Å². The number of nitrogens with one attached hydrogen (secondary N) is 2. The zero-order chi connectivity index (χ0) is 15.6. The number of para-hydroxylation sites is 1. The average Bonchev–Trinajstić information content (AvgIpc) is 2.59. The van der Waals surface area contributed by atoms with Gasteiger partial charge in [-0.1, -0.05) is 18.2 Å². The number of aliphatic imine (C=N–C) groups is 1. The fraction of sp³-hybridized carbons (Fsp3) is 0.562. The molecule has 0 saturated carbocycles. The molecule has 6 heteroatoms. The minimum absolute atomic E-state index is 0.658. The molecule has 0 bridgehead atoms. The van der Waals surface area contributed by atoms with E-state index in [1.807, 2.05) is 0 Å². The van der Waals surface area contributed by atoms with Gasteiger partial charge in [0.15, 0.2) is 5.96 Å². The first kappa shape index (κ1) is 16.6. The van der Waals surface area contributed by atoms with Crippen LogP contribution < -0.4 is 15.5 Å². The van der Waals surface area contributed by atoms with E-state index in [2.05, 4.69) is 44.8 Å². The first-order valence-corrected chi connectivity index (χ1v) is 7.69. The first-order valence-electron chi connectivity index (χ1n) is 7.69. The van der Waals surface area contributed by atoms with Crippen LogP contribution in [0.1, 0.15) is 5.56 Å². The molecule has 122 valence electrons. The van der Waals surface area contributed by atoms with Gasteiger partial charge < -0.3 is 25.0 Å². The van der Waals surface area contributed by atoms with Crippen molar-refractivity contribution in [3.8, 4) is 0 Å². The topological polar surface area (TPSA) is 58.1 Å². The minimum Gasteiger partial charge on any atom is -0.383 e. The zero-order valence-corrected chi connectivity index (χ0v) is 13.5. The summed E-state index contributed by atoms with van der Waals surface area (Å²) in [7, 11) is 3.46. The Morgan fingerprint density at radius 1 is 1.27 bits per heavy atom. The summed E-state index contributed by atoms with van der Waals surface area (Å²) in [6, 6.07) is 8.48. The van der Waals surface area contributed by atoms with Crippen LogP contribution in [0, 0.1) is 0 Å². The van der Waals surface area contributed by atoms with Gasteiger partial charge in [-0.2, -0.15) is 0 Å². The molecule has 1 saturated heterocycles. The number of benzene rings is 1. The highest BCUT2D eigenvalue weighted by Gasteiger charge is 2.14. The highest BCUT2D eigenvalue weighted by molar-refractivity contribution is 5.79. The first-order chi connectivity index (χ1) is 10.8. The van der Waals surface area contributed by atoms with Crippen molar-refractivity contribution >= 4 is 11.6 Å². The second-order valence-electron chi connectivity index (χ2n) is 5.07. The van der Waals surface area contributed by atoms with Crippen LogP contribution in [0.4, 0.5) is 5.69 Å². The molecule has 1 aliphatic heterocycles. The standard InChI is InChI=1S/C16H26N4O2/c1-17-16(18-7-10-21-2)19-13-14-5-3-4-6-15(14)20-8-11-22-12-9-20/h3-6H,7-13H2,1-2H3,(H2,17,18,19). The Bertz CT molecular complexity index is 473. The van der Waals surface area contributed by atoms with Gasteiger partial charge in [0.2, 0.25) is 0 Å². The van der Waals surface area contributed by atoms with Crippen molar-refractivity contribution in [2.45, 2.75) is 6.54 Å². The van der Waals surface area contributed by atoms with Crippen molar-refractivity contribution in [1.82, 2.24) is 10.6 Å². The van der Waals surface area contributed by atoms with Crippen molar-refractivity contribution in [3.05, 3.63) is 29.8 Å². The Morgan fingerprint density at radius 3 is 2.77 bits per heavy atom. The van der Waals surface area contributed by atoms with E-state index in [1.165, 1.54) is 11.3 Å². The summed E-state index contributed by atoms with van der Waals surface area (Å²) < 4.78 is 10.5. The normalized spacial score (nSPS) is 15.7. The lowest BCUT2D eigenvalue weighted by molar-refractivity contribution is 0.122. The molecule has 1 aromatic carbocycles. The van der Waals surface area contributed by atoms with Gasteiger partial charge in [0, 0.05) is 46.0 Å². The van der Waals surface area contributed by atoms with Gasteiger partial charge in [0.1, 0.15) is 0 Å². The molecule has 1 aromatic rings. The average molecular weight is 306 g/mol. The lowest BCUT2D eigenvalue weighted by atomic mass is 10.1. The monoisotopic (exact) mass is 306 g/mol. The number of guanidine groups is 1. The van der Waals surface area contributed by atoms with E-state index in [-0.39, 0.29) is 0 Å². The van der Waals surface area contributed by atoms with Crippen molar-refractivity contribution in [3.63, 3.8) is 0 Å². The van der Waals surface area contributed by atoms with E-state index in [4.69, 9.17) is 9.47 Å². The van der Waals surface area contributed by atoms with Crippen LogP contribution in [-0.4, -0.2) is 59.6 Å². The van der Waals surface area contributed by atoms with Crippen LogP contribution in [0.5, 0.6) is 0 Å². The molecule has 1 aliphatic rings. The number of rotatable bonds is 6. The van der Waals surface area contributed by atoms with Crippen molar-refractivity contribution in [1.29, 1.82) is 0 Å². The molecule has 2 N–H and O–H groups in total. The summed E-state index contributed by atoms with van der Waals surface area (Å²) in [5, 5.41) is 6.57. The largest absolute Gasteiger partial charge is 0.383 e. The Labute approximate surface area is 132 Å². The molecule has 0 aromatic heterocycles. The summed E-state index contributed by atoms with van der Waals surface area (Å²) in [4.78, 5) is 6.60. The van der Waals surface area contributed by atoms with Gasteiger partial charge >= 0.3 is 0 Å². The number of ether oxygens (including phenoxy) is 2. The smallest absolute Gasteiger partial charge is 0.191 e. The minimum atomic E-state index is 0.658. The van der Waals surface area contributed by atoms with Gasteiger partial charge in [-0.05, 0) is 11.6 Å². The van der Waals surface area contributed by atoms with E-state index in [9.17, 15) is 0 Å². The van der Waals surface area contributed by atoms with Crippen LogP contribution in [0.2, 0.25) is 0 Å². The second-order valence-corrected chi connectivity index (χ2v) is 5.07. The predicted molar refractivity (Wildman–Crippen MR) is 89.6 cm³/mol. The van der Waals surface area contributed by atoms with Crippen LogP contribution in [0.15, 0.2) is 29.3 Å². The lowest BCUT2D eigenvalue weighted by Gasteiger charge is -2.30. The van der Waals surface area contributed by atoms with Crippen LogP contribution in [0.3, 0.4) is 0 Å². The molecule has 0 atom stereocenters. The highest BCUT2D eigenvalue weighted by atomic mass is 16.5. The number of anilines is 1. The zero-order valence-electron chi connectivity index (χ0n) is 13.5. The van der Waals surface area contributed by atoms with E-state index < -0.39 is 0 Å². The molecule has 22 heavy (non-hydrogen) atoms. The van der Waals surface area contributed by atoms with Crippen LogP contribution in [0.25, 0.3) is 0 Å². The number of hydrogen-bond acceptors (Lipinski definition) is 4. The molecule has 0 unspecified atom stereocenters. The number of methoxy groups -OCH3 is 1. The fourth-order valence-corrected chi connectivity index (χ4v) is 2.44. The summed E-state index contributed by atoms with van der Waals surface area (Å²) >= 11 is 0. The maximum Gasteiger partial charge on any atom is 0.191 e. The molecule has 0 radical (unpaired) electrons. The van der Waals surface area contributed by atoms with Gasteiger partial charge in [0.05, 0.1) is 19.8 Å². The molecule has 2 rings (SSSR count). The molecule has 0 aliphatic carbocycles. The molecule has 1 fully saturated rings. The van der Waals surface area contributed by atoms with Gasteiger partial charge in [-0.3, -0.25) is 4.99 Å². The number of morpholine rings is 1. The predicted octanol–water partition coefficient (Wildman–Crippen LogP) is 0.835. The molecule has 1 heterocycles. The third-order valence-electron chi connectivity index (χ3n) is 3.61. The molecule has 0 amide bonds. The van der Waals surface area contributed by atoms with E-state index in [0.29, 0.717) is 6.61 Å². The highest BCUT2D eigenvalue weighted by Crippen LogP contribution is 2.21. The van der Waals surface area contributed by atoms with E-state index >= 15 is 0 Å². The molecule has 6 nitrogen and oxygen atoms in total. The summed E-state index contributed by atoms with van der Waals surface area (Å²) in [5.41, 5.74) is 2.53. The van der Waals surface area contributed by atoms with Crippen LogP contribution >= 0.6 is 0 Å². The Hall–Kier alpha value is -1.79. The quantitative estimate of drug-likeness (QED) is 0.463.